The largest absolute Gasteiger partial charge is 0.298 e. The van der Waals surface area contributed by atoms with E-state index in [1.165, 1.54) is 17.4 Å². The maximum Gasteiger partial charge on any atom is 0.250 e. The molecule has 0 atom stereocenters. The summed E-state index contributed by atoms with van der Waals surface area (Å²) in [6, 6.07) is 9.71. The monoisotopic (exact) mass is 295 g/mol. The van der Waals surface area contributed by atoms with Crippen LogP contribution in [0.1, 0.15) is 11.1 Å². The Kier molecular flexibility index (Phi) is 3.75. The molecule has 0 saturated heterocycles. The summed E-state index contributed by atoms with van der Waals surface area (Å²) < 4.78 is 1.07. The van der Waals surface area contributed by atoms with Crippen LogP contribution in [-0.4, -0.2) is 15.9 Å². The second-order valence-corrected chi connectivity index (χ2v) is 5.58. The lowest BCUT2D eigenvalue weighted by atomic mass is 10.2. The fourth-order valence-electron chi connectivity index (χ4n) is 1.93. The van der Waals surface area contributed by atoms with Crippen LogP contribution in [-0.2, 0) is 4.79 Å². The van der Waals surface area contributed by atoms with Gasteiger partial charge in [-0.3, -0.25) is 15.1 Å². The Balaban J connectivity index is 1.74. The van der Waals surface area contributed by atoms with Crippen LogP contribution in [0.2, 0.25) is 0 Å². The van der Waals surface area contributed by atoms with E-state index in [2.05, 4.69) is 15.3 Å². The molecule has 0 aliphatic carbocycles. The Hall–Kier alpha value is -2.53. The Morgan fingerprint density at radius 2 is 2.19 bits per heavy atom. The summed E-state index contributed by atoms with van der Waals surface area (Å²) >= 11 is 1.47. The number of aromatic nitrogens is 2. The molecule has 1 aromatic carbocycles. The molecule has 2 aromatic heterocycles. The number of rotatable bonds is 3. The van der Waals surface area contributed by atoms with Crippen molar-refractivity contribution in [3.05, 3.63) is 59.9 Å². The van der Waals surface area contributed by atoms with E-state index in [0.717, 1.165) is 21.3 Å². The molecule has 0 radical (unpaired) electrons. The van der Waals surface area contributed by atoms with Crippen LogP contribution in [0.3, 0.4) is 0 Å². The molecule has 0 fully saturated rings. The molecular formula is C16H13N3OS. The van der Waals surface area contributed by atoms with E-state index >= 15 is 0 Å². The van der Waals surface area contributed by atoms with Gasteiger partial charge in [0.2, 0.25) is 5.91 Å². The Labute approximate surface area is 126 Å². The number of hydrogen-bond acceptors (Lipinski definition) is 4. The van der Waals surface area contributed by atoms with Crippen molar-refractivity contribution < 1.29 is 4.79 Å². The van der Waals surface area contributed by atoms with Gasteiger partial charge in [0.1, 0.15) is 0 Å². The summed E-state index contributed by atoms with van der Waals surface area (Å²) in [6.07, 6.45) is 6.60. The lowest BCUT2D eigenvalue weighted by Crippen LogP contribution is -2.07. The number of thiazole rings is 1. The van der Waals surface area contributed by atoms with E-state index in [9.17, 15) is 4.79 Å². The van der Waals surface area contributed by atoms with Crippen molar-refractivity contribution in [2.45, 2.75) is 6.92 Å². The van der Waals surface area contributed by atoms with Gasteiger partial charge in [0.25, 0.3) is 0 Å². The first kappa shape index (κ1) is 13.5. The Bertz CT molecular complexity index is 809. The normalized spacial score (nSPS) is 11.1. The van der Waals surface area contributed by atoms with Crippen LogP contribution >= 0.6 is 11.3 Å². The van der Waals surface area contributed by atoms with E-state index in [1.807, 2.05) is 37.3 Å². The van der Waals surface area contributed by atoms with E-state index in [4.69, 9.17) is 0 Å². The average Bonchev–Trinajstić information content (AvgIpc) is 2.90. The number of nitrogens with zero attached hydrogens (tertiary/aromatic N) is 2. The maximum atomic E-state index is 11.9. The number of carbonyl (C=O) groups is 1. The number of anilines is 1. The fraction of sp³-hybridized carbons (Fsp3) is 0.0625. The lowest BCUT2D eigenvalue weighted by molar-refractivity contribution is -0.111. The quantitative estimate of drug-likeness (QED) is 0.750. The molecule has 0 aliphatic heterocycles. The number of aryl methyl sites for hydroxylation is 1. The maximum absolute atomic E-state index is 11.9. The van der Waals surface area contributed by atoms with Crippen molar-refractivity contribution in [2.24, 2.45) is 0 Å². The standard InChI is InChI=1S/C16H13N3OS/c1-11-4-2-6-13-15(11)19-16(21-13)18-14(20)8-7-12-5-3-9-17-10-12/h2-10H,1H3,(H,18,19,20)/b8-7+. The van der Waals surface area contributed by atoms with Crippen molar-refractivity contribution in [1.82, 2.24) is 9.97 Å². The van der Waals surface area contributed by atoms with Gasteiger partial charge in [-0.2, -0.15) is 0 Å². The van der Waals surface area contributed by atoms with Crippen LogP contribution in [0.4, 0.5) is 5.13 Å². The molecule has 3 aromatic rings. The number of carbonyl (C=O) groups excluding carboxylic acids is 1. The topological polar surface area (TPSA) is 54.9 Å². The molecule has 104 valence electrons. The second-order valence-electron chi connectivity index (χ2n) is 4.55. The van der Waals surface area contributed by atoms with E-state index < -0.39 is 0 Å². The van der Waals surface area contributed by atoms with Crippen molar-refractivity contribution in [3.8, 4) is 0 Å². The number of hydrogen-bond donors (Lipinski definition) is 1. The Morgan fingerprint density at radius 1 is 1.29 bits per heavy atom. The predicted molar refractivity (Wildman–Crippen MR) is 86.3 cm³/mol. The molecule has 21 heavy (non-hydrogen) atoms. The first-order valence-corrected chi connectivity index (χ1v) is 7.29. The van der Waals surface area contributed by atoms with Crippen molar-refractivity contribution in [3.63, 3.8) is 0 Å². The molecule has 0 aliphatic rings. The molecule has 1 amide bonds. The van der Waals surface area contributed by atoms with Crippen LogP contribution in [0.5, 0.6) is 0 Å². The molecule has 5 heteroatoms. The Morgan fingerprint density at radius 3 is 2.95 bits per heavy atom. The average molecular weight is 295 g/mol. The highest BCUT2D eigenvalue weighted by Gasteiger charge is 2.07. The van der Waals surface area contributed by atoms with Gasteiger partial charge in [0.05, 0.1) is 10.2 Å². The second kappa shape index (κ2) is 5.85. The van der Waals surface area contributed by atoms with Crippen LogP contribution in [0.25, 0.3) is 16.3 Å². The molecule has 3 rings (SSSR count). The summed E-state index contributed by atoms with van der Waals surface area (Å²) in [5.74, 6) is -0.199. The van der Waals surface area contributed by atoms with Crippen LogP contribution < -0.4 is 5.32 Å². The summed E-state index contributed by atoms with van der Waals surface area (Å²) in [6.45, 7) is 2.01. The third-order valence-corrected chi connectivity index (χ3v) is 3.90. The first-order chi connectivity index (χ1) is 10.2. The van der Waals surface area contributed by atoms with Gasteiger partial charge in [-0.15, -0.1) is 0 Å². The van der Waals surface area contributed by atoms with E-state index in [1.54, 1.807) is 18.5 Å². The van der Waals surface area contributed by atoms with Gasteiger partial charge in [-0.25, -0.2) is 4.98 Å². The minimum atomic E-state index is -0.199. The number of benzene rings is 1. The molecule has 0 unspecified atom stereocenters. The number of fused-ring (bicyclic) bond motifs is 1. The smallest absolute Gasteiger partial charge is 0.250 e. The predicted octanol–water partition coefficient (Wildman–Crippen LogP) is 3.65. The van der Waals surface area contributed by atoms with E-state index in [-0.39, 0.29) is 5.91 Å². The first-order valence-electron chi connectivity index (χ1n) is 6.47. The zero-order valence-electron chi connectivity index (χ0n) is 11.4. The summed E-state index contributed by atoms with van der Waals surface area (Å²) in [7, 11) is 0. The molecule has 4 nitrogen and oxygen atoms in total. The zero-order chi connectivity index (χ0) is 14.7. The van der Waals surface area contributed by atoms with Crippen molar-refractivity contribution >= 4 is 38.7 Å². The fourth-order valence-corrected chi connectivity index (χ4v) is 2.88. The highest BCUT2D eigenvalue weighted by atomic mass is 32.1. The van der Waals surface area contributed by atoms with Crippen molar-refractivity contribution in [2.75, 3.05) is 5.32 Å². The molecule has 0 bridgehead atoms. The van der Waals surface area contributed by atoms with Gasteiger partial charge in [-0.05, 0) is 36.3 Å². The molecular weight excluding hydrogens is 282 g/mol. The summed E-state index contributed by atoms with van der Waals surface area (Å²) in [4.78, 5) is 20.3. The molecule has 0 saturated carbocycles. The van der Waals surface area contributed by atoms with Crippen LogP contribution in [0, 0.1) is 6.92 Å². The number of para-hydroxylation sites is 1. The number of pyridine rings is 1. The number of nitrogens with one attached hydrogen (secondary N) is 1. The van der Waals surface area contributed by atoms with Crippen LogP contribution in [0.15, 0.2) is 48.8 Å². The minimum absolute atomic E-state index is 0.199. The third-order valence-electron chi connectivity index (χ3n) is 2.96. The molecule has 1 N–H and O–H groups in total. The van der Waals surface area contributed by atoms with E-state index in [0.29, 0.717) is 5.13 Å². The highest BCUT2D eigenvalue weighted by Crippen LogP contribution is 2.27. The van der Waals surface area contributed by atoms with Gasteiger partial charge in [0, 0.05) is 18.5 Å². The van der Waals surface area contributed by atoms with Crippen molar-refractivity contribution in [1.29, 1.82) is 0 Å². The molecule has 0 spiro atoms. The zero-order valence-corrected chi connectivity index (χ0v) is 12.2. The SMILES string of the molecule is Cc1cccc2sc(NC(=O)/C=C/c3cccnc3)nc12. The minimum Gasteiger partial charge on any atom is -0.298 e. The van der Waals surface area contributed by atoms with Gasteiger partial charge < -0.3 is 0 Å². The molecule has 2 heterocycles. The van der Waals surface area contributed by atoms with Gasteiger partial charge in [0.15, 0.2) is 5.13 Å². The van der Waals surface area contributed by atoms with Gasteiger partial charge in [-0.1, -0.05) is 29.5 Å². The number of amides is 1. The summed E-state index contributed by atoms with van der Waals surface area (Å²) in [5.41, 5.74) is 2.93. The van der Waals surface area contributed by atoms with Gasteiger partial charge >= 0.3 is 0 Å². The summed E-state index contributed by atoms with van der Waals surface area (Å²) in [5, 5.41) is 3.40. The highest BCUT2D eigenvalue weighted by molar-refractivity contribution is 7.22. The lowest BCUT2D eigenvalue weighted by Gasteiger charge is -1.95. The third kappa shape index (κ3) is 3.14.